The third-order valence-electron chi connectivity index (χ3n) is 3.47. The largest absolute Gasteiger partial charge is 0.408 e. The zero-order chi connectivity index (χ0) is 21.0. The van der Waals surface area contributed by atoms with Crippen molar-refractivity contribution in [2.75, 3.05) is 5.43 Å². The molecule has 0 bridgehead atoms. The Hall–Kier alpha value is -3.08. The minimum atomic E-state index is -4.40. The minimum Gasteiger partial charge on any atom is -0.263 e. The van der Waals surface area contributed by atoms with Crippen molar-refractivity contribution in [2.24, 2.45) is 5.10 Å². The van der Waals surface area contributed by atoms with E-state index in [1.165, 1.54) is 6.07 Å². The molecule has 2 aromatic heterocycles. The van der Waals surface area contributed by atoms with Gasteiger partial charge in [0.15, 0.2) is 0 Å². The highest BCUT2D eigenvalue weighted by Crippen LogP contribution is 2.25. The van der Waals surface area contributed by atoms with Crippen LogP contribution in [0.5, 0.6) is 0 Å². The van der Waals surface area contributed by atoms with Crippen molar-refractivity contribution in [3.63, 3.8) is 0 Å². The molecule has 0 spiro atoms. The van der Waals surface area contributed by atoms with Crippen molar-refractivity contribution in [1.82, 2.24) is 19.7 Å². The highest BCUT2D eigenvalue weighted by Gasteiger charge is 2.28. The molecule has 0 saturated heterocycles. The first-order valence-electron chi connectivity index (χ1n) is 8.02. The van der Waals surface area contributed by atoms with Gasteiger partial charge in [-0.2, -0.15) is 23.4 Å². The maximum atomic E-state index is 13.1. The van der Waals surface area contributed by atoms with Gasteiger partial charge in [-0.05, 0) is 24.3 Å². The van der Waals surface area contributed by atoms with Crippen molar-refractivity contribution in [3.8, 4) is 11.3 Å². The lowest BCUT2D eigenvalue weighted by Crippen LogP contribution is -2.18. The molecule has 0 unspecified atom stereocenters. The molecule has 12 heteroatoms. The maximum absolute atomic E-state index is 13.1. The number of hydrogen-bond acceptors (Lipinski definition) is 5. The van der Waals surface area contributed by atoms with Gasteiger partial charge < -0.3 is 0 Å². The van der Waals surface area contributed by atoms with E-state index in [1.54, 1.807) is 24.3 Å². The Labute approximate surface area is 166 Å². The molecule has 0 aliphatic heterocycles. The fourth-order valence-corrected chi connectivity index (χ4v) is 2.40. The van der Waals surface area contributed by atoms with E-state index in [0.29, 0.717) is 15.3 Å². The van der Waals surface area contributed by atoms with Gasteiger partial charge in [0.2, 0.25) is 5.95 Å². The third-order valence-corrected chi connectivity index (χ3v) is 3.73. The lowest BCUT2D eigenvalue weighted by Gasteiger charge is -2.07. The van der Waals surface area contributed by atoms with Crippen molar-refractivity contribution in [3.05, 3.63) is 59.0 Å². The molecule has 0 fully saturated rings. The molecule has 1 aromatic carbocycles. The van der Waals surface area contributed by atoms with E-state index in [4.69, 9.17) is 11.6 Å². The first-order valence-corrected chi connectivity index (χ1v) is 8.40. The van der Waals surface area contributed by atoms with Crippen LogP contribution < -0.4 is 5.43 Å². The summed E-state index contributed by atoms with van der Waals surface area (Å²) in [6.45, 7) is -1.24. The SMILES string of the molecule is FC(F)c1cc(-c2ccc(Cl)cc2)nc(NN=Cc2ccn(CC(F)(F)F)n2)n1. The van der Waals surface area contributed by atoms with Crippen molar-refractivity contribution < 1.29 is 22.0 Å². The molecule has 3 rings (SSSR count). The Bertz CT molecular complexity index is 1000. The molecular weight excluding hydrogens is 419 g/mol. The van der Waals surface area contributed by atoms with Crippen LogP contribution in [0.1, 0.15) is 17.8 Å². The van der Waals surface area contributed by atoms with Crippen LogP contribution in [0.3, 0.4) is 0 Å². The lowest BCUT2D eigenvalue weighted by molar-refractivity contribution is -0.142. The second kappa shape index (κ2) is 8.52. The molecule has 0 saturated carbocycles. The van der Waals surface area contributed by atoms with Crippen LogP contribution in [0.25, 0.3) is 11.3 Å². The Morgan fingerprint density at radius 3 is 2.52 bits per heavy atom. The number of aromatic nitrogens is 4. The Kier molecular flexibility index (Phi) is 6.06. The van der Waals surface area contributed by atoms with Gasteiger partial charge in [-0.15, -0.1) is 0 Å². The van der Waals surface area contributed by atoms with Crippen molar-refractivity contribution >= 4 is 23.8 Å². The van der Waals surface area contributed by atoms with Gasteiger partial charge in [0, 0.05) is 16.8 Å². The number of anilines is 1. The first-order chi connectivity index (χ1) is 13.7. The summed E-state index contributed by atoms with van der Waals surface area (Å²) in [5, 5.41) is 7.90. The van der Waals surface area contributed by atoms with Crippen LogP contribution in [0, 0.1) is 0 Å². The monoisotopic (exact) mass is 430 g/mol. The van der Waals surface area contributed by atoms with Gasteiger partial charge in [0.25, 0.3) is 6.43 Å². The average molecular weight is 431 g/mol. The Balaban J connectivity index is 1.78. The van der Waals surface area contributed by atoms with Crippen LogP contribution in [-0.2, 0) is 6.54 Å². The standard InChI is InChI=1S/C17H12ClF5N6/c18-11-3-1-10(2-4-11)13-7-14(15(19)20)26-16(25-13)27-24-8-12-5-6-29(28-12)9-17(21,22)23/h1-8,15H,9H2,(H,25,26,27). The second-order valence-electron chi connectivity index (χ2n) is 5.73. The highest BCUT2D eigenvalue weighted by molar-refractivity contribution is 6.30. The summed E-state index contributed by atoms with van der Waals surface area (Å²) in [6, 6.07) is 8.85. The van der Waals surface area contributed by atoms with E-state index >= 15 is 0 Å². The molecule has 0 amide bonds. The molecule has 0 atom stereocenters. The Morgan fingerprint density at radius 1 is 1.14 bits per heavy atom. The van der Waals surface area contributed by atoms with E-state index in [2.05, 4.69) is 25.6 Å². The van der Waals surface area contributed by atoms with Crippen LogP contribution in [0.4, 0.5) is 27.9 Å². The first kappa shape index (κ1) is 20.6. The third kappa shape index (κ3) is 5.95. The summed E-state index contributed by atoms with van der Waals surface area (Å²) in [7, 11) is 0. The lowest BCUT2D eigenvalue weighted by atomic mass is 10.1. The summed E-state index contributed by atoms with van der Waals surface area (Å²) in [4.78, 5) is 7.79. The molecule has 152 valence electrons. The number of rotatable bonds is 6. The molecule has 6 nitrogen and oxygen atoms in total. The number of hydrazone groups is 1. The van der Waals surface area contributed by atoms with Gasteiger partial charge in [0.05, 0.1) is 11.9 Å². The maximum Gasteiger partial charge on any atom is 0.408 e. The van der Waals surface area contributed by atoms with Crippen LogP contribution >= 0.6 is 11.6 Å². The summed E-state index contributed by atoms with van der Waals surface area (Å²) in [5.74, 6) is -0.210. The topological polar surface area (TPSA) is 68.0 Å². The van der Waals surface area contributed by atoms with Crippen LogP contribution in [0.2, 0.25) is 5.02 Å². The van der Waals surface area contributed by atoms with Crippen LogP contribution in [0.15, 0.2) is 47.7 Å². The number of alkyl halides is 5. The van der Waals surface area contributed by atoms with Crippen LogP contribution in [-0.4, -0.2) is 32.1 Å². The molecule has 2 heterocycles. The highest BCUT2D eigenvalue weighted by atomic mass is 35.5. The summed E-state index contributed by atoms with van der Waals surface area (Å²) < 4.78 is 64.0. The fourth-order valence-electron chi connectivity index (χ4n) is 2.27. The van der Waals surface area contributed by atoms with Gasteiger partial charge in [-0.1, -0.05) is 23.7 Å². The number of nitrogens with zero attached hydrogens (tertiary/aromatic N) is 5. The molecule has 1 N–H and O–H groups in total. The predicted molar refractivity (Wildman–Crippen MR) is 96.9 cm³/mol. The molecule has 29 heavy (non-hydrogen) atoms. The molecule has 0 aliphatic rings. The van der Waals surface area contributed by atoms with E-state index in [0.717, 1.165) is 18.5 Å². The zero-order valence-corrected chi connectivity index (χ0v) is 15.2. The molecule has 0 aliphatic carbocycles. The number of nitrogens with one attached hydrogen (secondary N) is 1. The van der Waals surface area contributed by atoms with Gasteiger partial charge in [-0.3, -0.25) is 4.68 Å². The van der Waals surface area contributed by atoms with Gasteiger partial charge in [-0.25, -0.2) is 24.2 Å². The number of benzene rings is 1. The van der Waals surface area contributed by atoms with E-state index in [9.17, 15) is 22.0 Å². The fraction of sp³-hybridized carbons (Fsp3) is 0.176. The zero-order valence-electron chi connectivity index (χ0n) is 14.4. The summed E-state index contributed by atoms with van der Waals surface area (Å²) in [5.41, 5.74) is 2.76. The predicted octanol–water partition coefficient (Wildman–Crippen LogP) is 4.94. The molecule has 3 aromatic rings. The average Bonchev–Trinajstić information content (AvgIpc) is 3.07. The summed E-state index contributed by atoms with van der Waals surface area (Å²) >= 11 is 5.82. The normalized spacial score (nSPS) is 12.1. The smallest absolute Gasteiger partial charge is 0.263 e. The van der Waals surface area contributed by atoms with Crippen molar-refractivity contribution in [1.29, 1.82) is 0 Å². The van der Waals surface area contributed by atoms with Gasteiger partial charge >= 0.3 is 6.18 Å². The molecule has 0 radical (unpaired) electrons. The quantitative estimate of drug-likeness (QED) is 0.342. The van der Waals surface area contributed by atoms with E-state index in [-0.39, 0.29) is 17.3 Å². The molecular formula is C17H12ClF5N6. The van der Waals surface area contributed by atoms with Gasteiger partial charge in [0.1, 0.15) is 17.9 Å². The Morgan fingerprint density at radius 2 is 1.86 bits per heavy atom. The van der Waals surface area contributed by atoms with Crippen molar-refractivity contribution in [2.45, 2.75) is 19.1 Å². The van der Waals surface area contributed by atoms with E-state index in [1.807, 2.05) is 0 Å². The second-order valence-corrected chi connectivity index (χ2v) is 6.17. The minimum absolute atomic E-state index is 0.129. The number of hydrogen-bond donors (Lipinski definition) is 1. The van der Waals surface area contributed by atoms with E-state index < -0.39 is 24.8 Å². The summed E-state index contributed by atoms with van der Waals surface area (Å²) in [6.07, 6.45) is -4.98. The number of halogens is 6.